The lowest BCUT2D eigenvalue weighted by molar-refractivity contribution is -0.118. The van der Waals surface area contributed by atoms with Crippen LogP contribution in [0.2, 0.25) is 5.02 Å². The van der Waals surface area contributed by atoms with E-state index in [0.29, 0.717) is 26.9 Å². The van der Waals surface area contributed by atoms with E-state index < -0.39 is 0 Å². The fraction of sp³-hybridized carbons (Fsp3) is 0.136. The zero-order valence-corrected chi connectivity index (χ0v) is 18.3. The van der Waals surface area contributed by atoms with Crippen LogP contribution < -0.4 is 10.9 Å². The number of carbonyl (C=O) groups is 1. The number of nitrogens with zero attached hydrogens (tertiary/aromatic N) is 2. The Morgan fingerprint density at radius 3 is 2.63 bits per heavy atom. The lowest BCUT2D eigenvalue weighted by atomic mass is 10.1. The molecule has 4 aromatic rings. The predicted molar refractivity (Wildman–Crippen MR) is 124 cm³/mol. The van der Waals surface area contributed by atoms with Gasteiger partial charge in [-0.2, -0.15) is 0 Å². The maximum atomic E-state index is 13.0. The summed E-state index contributed by atoms with van der Waals surface area (Å²) in [5.74, 6) is 0.0726. The van der Waals surface area contributed by atoms with Crippen LogP contribution in [0.25, 0.3) is 15.9 Å². The van der Waals surface area contributed by atoms with Gasteiger partial charge in [-0.15, -0.1) is 11.3 Å². The third kappa shape index (κ3) is 4.75. The van der Waals surface area contributed by atoms with Crippen LogP contribution in [0.5, 0.6) is 0 Å². The van der Waals surface area contributed by atoms with Gasteiger partial charge in [0.25, 0.3) is 5.56 Å². The molecule has 4 rings (SSSR count). The number of hydrogen-bond donors (Lipinski definition) is 1. The van der Waals surface area contributed by atoms with Gasteiger partial charge in [0.15, 0.2) is 5.16 Å². The van der Waals surface area contributed by atoms with Gasteiger partial charge in [-0.25, -0.2) is 4.98 Å². The van der Waals surface area contributed by atoms with Crippen LogP contribution >= 0.6 is 34.7 Å². The minimum absolute atomic E-state index is 0.103. The Labute approximate surface area is 186 Å². The molecule has 2 aromatic heterocycles. The number of nitrogens with one attached hydrogen (secondary N) is 1. The first-order valence-corrected chi connectivity index (χ1v) is 11.6. The second-order valence-corrected chi connectivity index (χ2v) is 8.82. The van der Waals surface area contributed by atoms with Crippen molar-refractivity contribution in [3.05, 3.63) is 87.0 Å². The summed E-state index contributed by atoms with van der Waals surface area (Å²) in [6.07, 6.45) is 0.724. The van der Waals surface area contributed by atoms with Crippen LogP contribution in [0, 0.1) is 0 Å². The monoisotopic (exact) mass is 455 g/mol. The SMILES string of the molecule is O=C(CSc1nc2ccsc2c(=O)n1-c1ccccc1)NCCc1ccc(Cl)cc1. The standard InChI is InChI=1S/C22H18ClN3O2S2/c23-16-8-6-15(7-9-16)10-12-24-19(27)14-30-22-25-18-11-13-29-20(18)21(28)26(22)17-4-2-1-3-5-17/h1-9,11,13H,10,12,14H2,(H,24,27). The molecule has 0 aliphatic heterocycles. The van der Waals surface area contributed by atoms with Crippen molar-refractivity contribution in [2.24, 2.45) is 0 Å². The number of thioether (sulfide) groups is 1. The van der Waals surface area contributed by atoms with Crippen LogP contribution in [0.3, 0.4) is 0 Å². The summed E-state index contributed by atoms with van der Waals surface area (Å²) in [4.78, 5) is 30.0. The van der Waals surface area contributed by atoms with Crippen molar-refractivity contribution in [1.29, 1.82) is 0 Å². The summed E-state index contributed by atoms with van der Waals surface area (Å²) < 4.78 is 2.18. The number of aromatic nitrogens is 2. The summed E-state index contributed by atoms with van der Waals surface area (Å²) in [6, 6.07) is 18.8. The lowest BCUT2D eigenvalue weighted by Crippen LogP contribution is -2.28. The first kappa shape index (κ1) is 20.7. The highest BCUT2D eigenvalue weighted by atomic mass is 35.5. The molecule has 5 nitrogen and oxygen atoms in total. The van der Waals surface area contributed by atoms with Crippen LogP contribution in [0.1, 0.15) is 5.56 Å². The first-order valence-electron chi connectivity index (χ1n) is 9.31. The molecule has 0 bridgehead atoms. The van der Waals surface area contributed by atoms with Gasteiger partial charge >= 0.3 is 0 Å². The van der Waals surface area contributed by atoms with Crippen LogP contribution in [0.15, 0.2) is 76.0 Å². The second-order valence-electron chi connectivity index (χ2n) is 6.52. The van der Waals surface area contributed by atoms with E-state index in [9.17, 15) is 9.59 Å². The van der Waals surface area contributed by atoms with Crippen LogP contribution in [-0.4, -0.2) is 27.8 Å². The summed E-state index contributed by atoms with van der Waals surface area (Å²) in [5.41, 5.74) is 2.38. The van der Waals surface area contributed by atoms with Gasteiger partial charge in [0.05, 0.1) is 17.0 Å². The zero-order chi connectivity index (χ0) is 20.9. The van der Waals surface area contributed by atoms with Crippen molar-refractivity contribution in [3.63, 3.8) is 0 Å². The van der Waals surface area contributed by atoms with Crippen LogP contribution in [-0.2, 0) is 11.2 Å². The van der Waals surface area contributed by atoms with E-state index in [2.05, 4.69) is 10.3 Å². The third-order valence-electron chi connectivity index (χ3n) is 4.45. The van der Waals surface area contributed by atoms with E-state index in [0.717, 1.165) is 17.7 Å². The molecule has 0 spiro atoms. The molecule has 8 heteroatoms. The van der Waals surface area contributed by atoms with E-state index in [4.69, 9.17) is 11.6 Å². The molecule has 0 aliphatic carbocycles. The van der Waals surface area contributed by atoms with E-state index in [1.807, 2.05) is 66.0 Å². The largest absolute Gasteiger partial charge is 0.355 e. The second kappa shape index (κ2) is 9.47. The summed E-state index contributed by atoms with van der Waals surface area (Å²) in [6.45, 7) is 0.531. The maximum Gasteiger partial charge on any atom is 0.276 e. The fourth-order valence-electron chi connectivity index (χ4n) is 2.97. The minimum Gasteiger partial charge on any atom is -0.355 e. The molecular weight excluding hydrogens is 438 g/mol. The summed E-state index contributed by atoms with van der Waals surface area (Å²) in [5, 5.41) is 5.97. The molecular formula is C22H18ClN3O2S2. The molecule has 2 aromatic carbocycles. The molecule has 0 aliphatic rings. The van der Waals surface area contributed by atoms with Gasteiger partial charge in [0.2, 0.25) is 5.91 Å². The van der Waals surface area contributed by atoms with E-state index in [-0.39, 0.29) is 17.2 Å². The van der Waals surface area contributed by atoms with E-state index >= 15 is 0 Å². The third-order valence-corrected chi connectivity index (χ3v) is 6.53. The molecule has 30 heavy (non-hydrogen) atoms. The molecule has 0 fully saturated rings. The van der Waals surface area contributed by atoms with Gasteiger partial charge in [0, 0.05) is 11.6 Å². The number of rotatable bonds is 7. The van der Waals surface area contributed by atoms with Gasteiger partial charge < -0.3 is 5.32 Å². The van der Waals surface area contributed by atoms with Gasteiger partial charge in [-0.1, -0.05) is 53.7 Å². The van der Waals surface area contributed by atoms with Crippen molar-refractivity contribution in [2.75, 3.05) is 12.3 Å². The normalized spacial score (nSPS) is 11.0. The predicted octanol–water partition coefficient (Wildman–Crippen LogP) is 4.55. The summed E-state index contributed by atoms with van der Waals surface area (Å²) in [7, 11) is 0. The average Bonchev–Trinajstić information content (AvgIpc) is 3.23. The van der Waals surface area contributed by atoms with E-state index in [1.54, 1.807) is 4.57 Å². The molecule has 0 unspecified atom stereocenters. The molecule has 152 valence electrons. The smallest absolute Gasteiger partial charge is 0.276 e. The quantitative estimate of drug-likeness (QED) is 0.328. The fourth-order valence-corrected chi connectivity index (χ4v) is 4.70. The average molecular weight is 456 g/mol. The van der Waals surface area contributed by atoms with Gasteiger partial charge in [-0.05, 0) is 47.7 Å². The number of carbonyl (C=O) groups excluding carboxylic acids is 1. The summed E-state index contributed by atoms with van der Waals surface area (Å²) >= 11 is 8.52. The number of benzene rings is 2. The van der Waals surface area contributed by atoms with Crippen molar-refractivity contribution < 1.29 is 4.79 Å². The number of amides is 1. The Kier molecular flexibility index (Phi) is 6.52. The Morgan fingerprint density at radius 2 is 1.87 bits per heavy atom. The molecule has 0 saturated heterocycles. The number of hydrogen-bond acceptors (Lipinski definition) is 5. The molecule has 1 amide bonds. The number of halogens is 1. The first-order chi connectivity index (χ1) is 14.6. The highest BCUT2D eigenvalue weighted by molar-refractivity contribution is 7.99. The maximum absolute atomic E-state index is 13.0. The molecule has 0 atom stereocenters. The number of thiophene rings is 1. The van der Waals surface area contributed by atoms with Crippen molar-refractivity contribution in [1.82, 2.24) is 14.9 Å². The lowest BCUT2D eigenvalue weighted by Gasteiger charge is -2.12. The van der Waals surface area contributed by atoms with Gasteiger partial charge in [-0.3, -0.25) is 14.2 Å². The van der Waals surface area contributed by atoms with Crippen LogP contribution in [0.4, 0.5) is 0 Å². The highest BCUT2D eigenvalue weighted by Gasteiger charge is 2.15. The Morgan fingerprint density at radius 1 is 1.10 bits per heavy atom. The Bertz CT molecular complexity index is 1220. The zero-order valence-electron chi connectivity index (χ0n) is 15.9. The van der Waals surface area contributed by atoms with Crippen molar-refractivity contribution >= 4 is 50.8 Å². The highest BCUT2D eigenvalue weighted by Crippen LogP contribution is 2.23. The Balaban J connectivity index is 1.46. The number of fused-ring (bicyclic) bond motifs is 1. The minimum atomic E-state index is -0.119. The topological polar surface area (TPSA) is 64.0 Å². The van der Waals surface area contributed by atoms with Crippen molar-refractivity contribution in [2.45, 2.75) is 11.6 Å². The van der Waals surface area contributed by atoms with Gasteiger partial charge in [0.1, 0.15) is 4.70 Å². The van der Waals surface area contributed by atoms with E-state index in [1.165, 1.54) is 23.1 Å². The Hall–Kier alpha value is -2.61. The molecule has 0 saturated carbocycles. The van der Waals surface area contributed by atoms with Crippen molar-refractivity contribution in [3.8, 4) is 5.69 Å². The molecule has 2 heterocycles. The number of para-hydroxylation sites is 1. The molecule has 1 N–H and O–H groups in total. The molecule has 0 radical (unpaired) electrons.